The van der Waals surface area contributed by atoms with E-state index in [2.05, 4.69) is 63.9 Å². The number of nitrogens with zero attached hydrogens (tertiary/aromatic N) is 9. The van der Waals surface area contributed by atoms with Gasteiger partial charge in [-0.25, -0.2) is 14.5 Å². The zero-order chi connectivity index (χ0) is 72.6. The van der Waals surface area contributed by atoms with Gasteiger partial charge in [-0.15, -0.1) is 5.10 Å². The third-order valence-corrected chi connectivity index (χ3v) is 18.8. The van der Waals surface area contributed by atoms with E-state index in [9.17, 15) is 47.9 Å². The minimum absolute atomic E-state index is 0.0383. The van der Waals surface area contributed by atoms with E-state index >= 15 is 0 Å². The smallest absolute Gasteiger partial charge is 0.410 e. The molecule has 5 aliphatic rings. The number of hydrogen-bond acceptors (Lipinski definition) is 21. The molecule has 10 rings (SSSR count). The summed E-state index contributed by atoms with van der Waals surface area (Å²) in [7, 11) is 4.84. The van der Waals surface area contributed by atoms with Gasteiger partial charge < -0.3 is 75.6 Å². The standard InChI is InChI=1S/C71H88N16O15/c1-7-56-69(96)83(4)58-37-73-70(80-63(58)87(56)50-15-8-9-16-50)78-53-27-20-46(35-59(53)99-6)55-39-86(82-81-55)49-25-23-48(24-26-49)84(30-32-100-31-11-10-13-45-14-12-17-51-52(45)38-85(68(51)95)57-28-29-61(89)79-67(57)94)71(97)102-40-44-18-21-47(22-19-44)76-66(93)54(36-60(72)88)77-65(92)43(3)75-64(91)42(2)74-62(90)41-101-34-33-98-5/h12,14,17-22,27,35,37,39,42-43,48-50,54,56-57H,7-9,11,15-16,23-26,28-34,36,38,40-41H2,1-6H3,(H2,72,88)(H,74,90)(H,75,91)(H,76,93)(H,77,92)(H,73,78,80)(H,79,89,94)/t42-,43-,48?,49?,54-,56+,57?/m0/s1. The Hall–Kier alpha value is -10.6. The van der Waals surface area contributed by atoms with Crippen LogP contribution in [-0.4, -0.2) is 197 Å². The number of hydrogen-bond donors (Lipinski definition) is 7. The Morgan fingerprint density at radius 1 is 0.833 bits per heavy atom. The molecule has 2 saturated carbocycles. The van der Waals surface area contributed by atoms with Gasteiger partial charge in [0.05, 0.1) is 64.1 Å². The maximum Gasteiger partial charge on any atom is 0.410 e. The van der Waals surface area contributed by atoms with Crippen molar-refractivity contribution in [1.82, 2.24) is 56.0 Å². The van der Waals surface area contributed by atoms with Crippen LogP contribution >= 0.6 is 0 Å². The maximum atomic E-state index is 14.3. The highest BCUT2D eigenvalue weighted by Gasteiger charge is 2.43. The normalized spacial score (nSPS) is 18.9. The molecular weight excluding hydrogens is 1320 g/mol. The summed E-state index contributed by atoms with van der Waals surface area (Å²) in [6.45, 7) is 5.56. The molecule has 5 aromatic rings. The molecule has 0 spiro atoms. The third kappa shape index (κ3) is 18.3. The lowest BCUT2D eigenvalue weighted by molar-refractivity contribution is -0.137. The minimum atomic E-state index is -1.44. The van der Waals surface area contributed by atoms with Gasteiger partial charge in [0.2, 0.25) is 53.2 Å². The van der Waals surface area contributed by atoms with Crippen molar-refractivity contribution in [1.29, 1.82) is 0 Å². The second kappa shape index (κ2) is 34.7. The van der Waals surface area contributed by atoms with Gasteiger partial charge in [-0.05, 0) is 113 Å². The van der Waals surface area contributed by atoms with E-state index in [0.717, 1.165) is 37.1 Å². The Morgan fingerprint density at radius 2 is 1.59 bits per heavy atom. The Balaban J connectivity index is 0.756. The monoisotopic (exact) mass is 1400 g/mol. The number of anilines is 5. The molecule has 31 nitrogen and oxygen atoms in total. The molecule has 5 heterocycles. The van der Waals surface area contributed by atoms with Crippen LogP contribution in [0.4, 0.5) is 33.6 Å². The first kappa shape index (κ1) is 74.1. The highest BCUT2D eigenvalue weighted by atomic mass is 16.6. The van der Waals surface area contributed by atoms with Crippen LogP contribution in [0.1, 0.15) is 137 Å². The van der Waals surface area contributed by atoms with Crippen molar-refractivity contribution < 1.29 is 71.6 Å². The van der Waals surface area contributed by atoms with Crippen LogP contribution in [0, 0.1) is 11.8 Å². The van der Waals surface area contributed by atoms with Crippen molar-refractivity contribution in [3.05, 3.63) is 95.3 Å². The van der Waals surface area contributed by atoms with Crippen molar-refractivity contribution >= 4 is 88.1 Å². The number of carbonyl (C=O) groups is 10. The Bertz CT molecular complexity index is 3970. The number of benzene rings is 3. The quantitative estimate of drug-likeness (QED) is 0.0191. The van der Waals surface area contributed by atoms with E-state index in [-0.39, 0.29) is 113 Å². The number of carbonyl (C=O) groups excluding carboxylic acids is 10. The van der Waals surface area contributed by atoms with Crippen molar-refractivity contribution in [2.24, 2.45) is 5.73 Å². The van der Waals surface area contributed by atoms with Crippen molar-refractivity contribution in [2.45, 2.75) is 166 Å². The van der Waals surface area contributed by atoms with Crippen molar-refractivity contribution in [3.63, 3.8) is 0 Å². The lowest BCUT2D eigenvalue weighted by Crippen LogP contribution is -2.55. The fraction of sp³-hybridized carbons (Fsp3) is 0.493. The fourth-order valence-corrected chi connectivity index (χ4v) is 13.3. The van der Waals surface area contributed by atoms with E-state index in [4.69, 9.17) is 34.4 Å². The number of likely N-dealkylation sites (N-methyl/N-ethyl adjacent to an activating group) is 1. The Kier molecular flexibility index (Phi) is 25.2. The number of aromatic nitrogens is 5. The van der Waals surface area contributed by atoms with Crippen molar-refractivity contribution in [3.8, 4) is 28.8 Å². The summed E-state index contributed by atoms with van der Waals surface area (Å²) in [4.78, 5) is 146. The molecule has 3 fully saturated rings. The highest BCUT2D eigenvalue weighted by Crippen LogP contribution is 2.41. The van der Waals surface area contributed by atoms with Crippen molar-refractivity contribution in [2.75, 3.05) is 81.3 Å². The van der Waals surface area contributed by atoms with Gasteiger partial charge in [0.15, 0.2) is 5.82 Å². The topological polar surface area (TPSA) is 384 Å². The number of fused-ring (bicyclic) bond motifs is 2. The minimum Gasteiger partial charge on any atom is -0.495 e. The second-order valence-electron chi connectivity index (χ2n) is 25.8. The van der Waals surface area contributed by atoms with Crippen LogP contribution in [-0.2, 0) is 70.5 Å². The number of primary amides is 1. The number of nitrogens with two attached hydrogens (primary N) is 1. The number of nitrogens with one attached hydrogen (secondary N) is 6. The summed E-state index contributed by atoms with van der Waals surface area (Å²) in [5.74, 6) is 3.10. The number of ether oxygens (including phenoxy) is 5. The molecule has 102 heavy (non-hydrogen) atoms. The molecule has 3 aliphatic heterocycles. The third-order valence-electron chi connectivity index (χ3n) is 18.8. The lowest BCUT2D eigenvalue weighted by atomic mass is 9.90. The molecule has 2 aliphatic carbocycles. The molecule has 10 amide bonds. The van der Waals surface area contributed by atoms with Gasteiger partial charge in [-0.3, -0.25) is 48.5 Å². The van der Waals surface area contributed by atoms with Crippen LogP contribution in [0.25, 0.3) is 11.3 Å². The fourth-order valence-electron chi connectivity index (χ4n) is 13.3. The average molecular weight is 1410 g/mol. The molecule has 542 valence electrons. The Morgan fingerprint density at radius 3 is 2.31 bits per heavy atom. The van der Waals surface area contributed by atoms with Crippen LogP contribution in [0.5, 0.6) is 5.75 Å². The molecule has 2 aromatic heterocycles. The summed E-state index contributed by atoms with van der Waals surface area (Å²) in [6.07, 6.45) is 10.5. The molecule has 31 heteroatoms. The van der Waals surface area contributed by atoms with Crippen LogP contribution in [0.3, 0.4) is 0 Å². The largest absolute Gasteiger partial charge is 0.495 e. The number of methoxy groups -OCH3 is 2. The maximum absolute atomic E-state index is 14.3. The van der Waals surface area contributed by atoms with E-state index in [0.29, 0.717) is 89.5 Å². The molecule has 0 bridgehead atoms. The van der Waals surface area contributed by atoms with Gasteiger partial charge in [0.25, 0.3) is 5.91 Å². The van der Waals surface area contributed by atoms with Crippen LogP contribution in [0.15, 0.2) is 73.1 Å². The summed E-state index contributed by atoms with van der Waals surface area (Å²) in [5.41, 5.74) is 10.8. The van der Waals surface area contributed by atoms with Gasteiger partial charge in [-0.2, -0.15) is 4.98 Å². The number of rotatable bonds is 30. The molecule has 3 aromatic carbocycles. The van der Waals surface area contributed by atoms with Gasteiger partial charge >= 0.3 is 6.09 Å². The van der Waals surface area contributed by atoms with Gasteiger partial charge in [0, 0.05) is 74.6 Å². The molecule has 8 N–H and O–H groups in total. The van der Waals surface area contributed by atoms with Gasteiger partial charge in [0.1, 0.15) is 60.6 Å². The van der Waals surface area contributed by atoms with Crippen LogP contribution < -0.4 is 52.2 Å². The Labute approximate surface area is 590 Å². The predicted octanol–water partition coefficient (Wildman–Crippen LogP) is 4.30. The summed E-state index contributed by atoms with van der Waals surface area (Å²) in [5, 5.41) is 24.9. The second-order valence-corrected chi connectivity index (χ2v) is 25.8. The molecule has 5 atom stereocenters. The first-order valence-corrected chi connectivity index (χ1v) is 34.4. The van der Waals surface area contributed by atoms with Gasteiger partial charge in [-0.1, -0.05) is 61.1 Å². The molecule has 0 radical (unpaired) electrons. The molecular formula is C71H88N16O15. The predicted molar refractivity (Wildman–Crippen MR) is 371 cm³/mol. The highest BCUT2D eigenvalue weighted by molar-refractivity contribution is 6.06. The number of imide groups is 1. The van der Waals surface area contributed by atoms with E-state index < -0.39 is 72.1 Å². The number of piperidine rings is 1. The lowest BCUT2D eigenvalue weighted by Gasteiger charge is -2.43. The summed E-state index contributed by atoms with van der Waals surface area (Å²) in [6, 6.07) is 12.5. The number of amides is 10. The summed E-state index contributed by atoms with van der Waals surface area (Å²) < 4.78 is 29.8. The SMILES string of the molecule is CC[C@@H]1C(=O)N(C)c2cnc(Nc3ccc(-c4cn(C5CCC(N(CCOCCC#Cc6cccc7c6CN(C6CCC(=O)NC6=O)C7=O)C(=O)OCc6ccc(NC(=O)[C@H](CC(N)=O)NC(=O)[C@H](C)NC(=O)[C@H](C)NC(=O)COCCOC)cc6)CC5)nn4)cc3OC)nc2N1C1CCCC1. The van der Waals surface area contributed by atoms with E-state index in [1.54, 1.807) is 66.6 Å². The average Bonchev–Trinajstić information content (AvgIpc) is 0.894. The molecule has 1 unspecified atom stereocenters. The van der Waals surface area contributed by atoms with E-state index in [1.165, 1.54) is 25.9 Å². The first-order valence-electron chi connectivity index (χ1n) is 34.4. The first-order chi connectivity index (χ1) is 49.2. The van der Waals surface area contributed by atoms with E-state index in [1.807, 2.05) is 42.1 Å². The summed E-state index contributed by atoms with van der Waals surface area (Å²) >= 11 is 0. The van der Waals surface area contributed by atoms with Crippen LogP contribution in [0.2, 0.25) is 0 Å². The zero-order valence-corrected chi connectivity index (χ0v) is 58.1. The zero-order valence-electron chi connectivity index (χ0n) is 58.1. The molecule has 1 saturated heterocycles.